The number of rotatable bonds is 2. The molecule has 2 aromatic carbocycles. The van der Waals surface area contributed by atoms with E-state index in [1.165, 1.54) is 16.7 Å². The van der Waals surface area contributed by atoms with Gasteiger partial charge in [0.2, 0.25) is 0 Å². The second kappa shape index (κ2) is 5.09. The molecular formula is C18H18N2O. The molecule has 0 aliphatic carbocycles. The van der Waals surface area contributed by atoms with Gasteiger partial charge in [0.05, 0.1) is 0 Å². The number of hydrogen-bond donors (Lipinski definition) is 2. The monoisotopic (exact) mass is 278 g/mol. The largest absolute Gasteiger partial charge is 0.351 e. The molecule has 1 amide bonds. The molecule has 0 saturated heterocycles. The SMILES string of the molecule is Cc1ccc(NC(=O)c2cc3c(C)cc(C)cc3[nH]2)cc1. The summed E-state index contributed by atoms with van der Waals surface area (Å²) in [7, 11) is 0. The van der Waals surface area contributed by atoms with Crippen molar-refractivity contribution in [3.8, 4) is 0 Å². The number of carbonyl (C=O) groups is 1. The van der Waals surface area contributed by atoms with Gasteiger partial charge in [-0.15, -0.1) is 0 Å². The van der Waals surface area contributed by atoms with Gasteiger partial charge in [-0.1, -0.05) is 23.8 Å². The molecule has 0 aliphatic rings. The number of aromatic nitrogens is 1. The molecule has 0 unspecified atom stereocenters. The van der Waals surface area contributed by atoms with Crippen molar-refractivity contribution in [1.82, 2.24) is 4.98 Å². The van der Waals surface area contributed by atoms with E-state index >= 15 is 0 Å². The third kappa shape index (κ3) is 2.68. The summed E-state index contributed by atoms with van der Waals surface area (Å²) in [6, 6.07) is 13.9. The van der Waals surface area contributed by atoms with E-state index in [1.54, 1.807) is 0 Å². The van der Waals surface area contributed by atoms with Crippen molar-refractivity contribution in [2.45, 2.75) is 20.8 Å². The fraction of sp³-hybridized carbons (Fsp3) is 0.167. The molecule has 2 N–H and O–H groups in total. The maximum Gasteiger partial charge on any atom is 0.272 e. The molecule has 0 radical (unpaired) electrons. The minimum absolute atomic E-state index is 0.118. The van der Waals surface area contributed by atoms with Crippen LogP contribution in [0.25, 0.3) is 10.9 Å². The Balaban J connectivity index is 1.91. The van der Waals surface area contributed by atoms with Crippen molar-refractivity contribution >= 4 is 22.5 Å². The molecule has 3 heteroatoms. The van der Waals surface area contributed by atoms with Crippen molar-refractivity contribution in [3.63, 3.8) is 0 Å². The Morgan fingerprint density at radius 1 is 0.952 bits per heavy atom. The van der Waals surface area contributed by atoms with Crippen molar-refractivity contribution in [2.24, 2.45) is 0 Å². The van der Waals surface area contributed by atoms with Crippen LogP contribution in [0.4, 0.5) is 5.69 Å². The normalized spacial score (nSPS) is 10.8. The number of hydrogen-bond acceptors (Lipinski definition) is 1. The summed E-state index contributed by atoms with van der Waals surface area (Å²) in [6.07, 6.45) is 0. The van der Waals surface area contributed by atoms with Gasteiger partial charge in [-0.25, -0.2) is 0 Å². The van der Waals surface area contributed by atoms with Crippen molar-refractivity contribution in [3.05, 3.63) is 64.8 Å². The quantitative estimate of drug-likeness (QED) is 0.719. The first-order chi connectivity index (χ1) is 10.0. The van der Waals surface area contributed by atoms with Crippen LogP contribution >= 0.6 is 0 Å². The lowest BCUT2D eigenvalue weighted by molar-refractivity contribution is 0.102. The van der Waals surface area contributed by atoms with Crippen LogP contribution in [0, 0.1) is 20.8 Å². The Bertz CT molecular complexity index is 813. The average Bonchev–Trinajstić information content (AvgIpc) is 2.85. The maximum atomic E-state index is 12.3. The number of nitrogens with one attached hydrogen (secondary N) is 2. The first-order valence-electron chi connectivity index (χ1n) is 7.01. The molecule has 1 aromatic heterocycles. The molecule has 0 spiro atoms. The van der Waals surface area contributed by atoms with Crippen LogP contribution in [-0.4, -0.2) is 10.9 Å². The number of fused-ring (bicyclic) bond motifs is 1. The summed E-state index contributed by atoms with van der Waals surface area (Å²) < 4.78 is 0. The van der Waals surface area contributed by atoms with Crippen LogP contribution in [0.2, 0.25) is 0 Å². The van der Waals surface area contributed by atoms with Crippen molar-refractivity contribution < 1.29 is 4.79 Å². The van der Waals surface area contributed by atoms with Crippen LogP contribution in [0.3, 0.4) is 0 Å². The lowest BCUT2D eigenvalue weighted by Gasteiger charge is -2.03. The Labute approximate surface area is 124 Å². The molecule has 3 rings (SSSR count). The Hall–Kier alpha value is -2.55. The Morgan fingerprint density at radius 3 is 2.38 bits per heavy atom. The highest BCUT2D eigenvalue weighted by molar-refractivity contribution is 6.06. The smallest absolute Gasteiger partial charge is 0.272 e. The number of H-pyrrole nitrogens is 1. The van der Waals surface area contributed by atoms with E-state index in [0.29, 0.717) is 5.69 Å². The van der Waals surface area contributed by atoms with Crippen LogP contribution in [0.1, 0.15) is 27.2 Å². The molecule has 0 atom stereocenters. The summed E-state index contributed by atoms with van der Waals surface area (Å²) in [4.78, 5) is 15.5. The van der Waals surface area contributed by atoms with Gasteiger partial charge in [0, 0.05) is 16.6 Å². The van der Waals surface area contributed by atoms with Crippen LogP contribution < -0.4 is 5.32 Å². The lowest BCUT2D eigenvalue weighted by atomic mass is 10.1. The van der Waals surface area contributed by atoms with Gasteiger partial charge >= 0.3 is 0 Å². The summed E-state index contributed by atoms with van der Waals surface area (Å²) in [6.45, 7) is 6.14. The molecule has 0 bridgehead atoms. The molecule has 0 aliphatic heterocycles. The number of anilines is 1. The minimum atomic E-state index is -0.118. The molecule has 3 aromatic rings. The highest BCUT2D eigenvalue weighted by Crippen LogP contribution is 2.22. The third-order valence-corrected chi connectivity index (χ3v) is 3.64. The van der Waals surface area contributed by atoms with E-state index in [0.717, 1.165) is 16.6 Å². The molecular weight excluding hydrogens is 260 g/mol. The van der Waals surface area contributed by atoms with E-state index in [9.17, 15) is 4.79 Å². The molecule has 1 heterocycles. The van der Waals surface area contributed by atoms with Gasteiger partial charge in [0.1, 0.15) is 5.69 Å². The average molecular weight is 278 g/mol. The zero-order valence-electron chi connectivity index (χ0n) is 12.4. The molecule has 21 heavy (non-hydrogen) atoms. The fourth-order valence-electron chi connectivity index (χ4n) is 2.56. The second-order valence-electron chi connectivity index (χ2n) is 5.55. The highest BCUT2D eigenvalue weighted by atomic mass is 16.1. The van der Waals surface area contributed by atoms with Crippen molar-refractivity contribution in [1.29, 1.82) is 0 Å². The summed E-state index contributed by atoms with van der Waals surface area (Å²) in [5.41, 5.74) is 5.92. The van der Waals surface area contributed by atoms with E-state index < -0.39 is 0 Å². The van der Waals surface area contributed by atoms with Gasteiger partial charge in [0.15, 0.2) is 0 Å². The number of aryl methyl sites for hydroxylation is 3. The fourth-order valence-corrected chi connectivity index (χ4v) is 2.56. The second-order valence-corrected chi connectivity index (χ2v) is 5.55. The van der Waals surface area contributed by atoms with Crippen LogP contribution in [0.15, 0.2) is 42.5 Å². The number of benzene rings is 2. The van der Waals surface area contributed by atoms with E-state index in [1.807, 2.05) is 37.3 Å². The van der Waals surface area contributed by atoms with Gasteiger partial charge < -0.3 is 10.3 Å². The molecule has 3 nitrogen and oxygen atoms in total. The topological polar surface area (TPSA) is 44.9 Å². The van der Waals surface area contributed by atoms with Gasteiger partial charge in [0.25, 0.3) is 5.91 Å². The number of carbonyl (C=O) groups excluding carboxylic acids is 1. The van der Waals surface area contributed by atoms with Gasteiger partial charge in [-0.05, 0) is 56.2 Å². The Morgan fingerprint density at radius 2 is 1.67 bits per heavy atom. The zero-order chi connectivity index (χ0) is 15.0. The van der Waals surface area contributed by atoms with Crippen LogP contribution in [-0.2, 0) is 0 Å². The zero-order valence-corrected chi connectivity index (χ0v) is 12.4. The third-order valence-electron chi connectivity index (χ3n) is 3.64. The number of aromatic amines is 1. The number of amides is 1. The molecule has 0 fully saturated rings. The predicted molar refractivity (Wildman–Crippen MR) is 86.9 cm³/mol. The minimum Gasteiger partial charge on any atom is -0.351 e. The first-order valence-corrected chi connectivity index (χ1v) is 7.01. The van der Waals surface area contributed by atoms with Gasteiger partial charge in [-0.2, -0.15) is 0 Å². The van der Waals surface area contributed by atoms with E-state index in [-0.39, 0.29) is 5.91 Å². The van der Waals surface area contributed by atoms with Crippen molar-refractivity contribution in [2.75, 3.05) is 5.32 Å². The van der Waals surface area contributed by atoms with E-state index in [2.05, 4.69) is 36.3 Å². The molecule has 0 saturated carbocycles. The van der Waals surface area contributed by atoms with Gasteiger partial charge in [-0.3, -0.25) is 4.79 Å². The summed E-state index contributed by atoms with van der Waals surface area (Å²) in [5.74, 6) is -0.118. The van der Waals surface area contributed by atoms with Crippen LogP contribution in [0.5, 0.6) is 0 Å². The predicted octanol–water partition coefficient (Wildman–Crippen LogP) is 4.35. The van der Waals surface area contributed by atoms with E-state index in [4.69, 9.17) is 0 Å². The highest BCUT2D eigenvalue weighted by Gasteiger charge is 2.11. The first kappa shape index (κ1) is 13.4. The lowest BCUT2D eigenvalue weighted by Crippen LogP contribution is -2.12. The maximum absolute atomic E-state index is 12.3. The standard InChI is InChI=1S/C18H18N2O/c1-11-4-6-14(7-5-11)19-18(21)17-10-15-13(3)8-12(2)9-16(15)20-17/h4-10,20H,1-3H3,(H,19,21). The summed E-state index contributed by atoms with van der Waals surface area (Å²) in [5, 5.41) is 4.00. The molecule has 106 valence electrons. The Kier molecular flexibility index (Phi) is 3.26. The summed E-state index contributed by atoms with van der Waals surface area (Å²) >= 11 is 0.